The van der Waals surface area contributed by atoms with Crippen LogP contribution in [0.1, 0.15) is 21.5 Å². The second-order valence-corrected chi connectivity index (χ2v) is 7.13. The minimum absolute atomic E-state index is 0.190. The number of carbonyl (C=O) groups excluding carboxylic acids is 1. The molecule has 7 nitrogen and oxygen atoms in total. The zero-order valence-corrected chi connectivity index (χ0v) is 16.3. The predicted molar refractivity (Wildman–Crippen MR) is 110 cm³/mol. The Hall–Kier alpha value is -4.07. The number of aromatic nitrogens is 1. The van der Waals surface area contributed by atoms with Crippen LogP contribution in [0.15, 0.2) is 69.9 Å². The number of rotatable bonds is 5. The molecule has 0 atom stereocenters. The minimum atomic E-state index is -0.544. The van der Waals surface area contributed by atoms with Crippen molar-refractivity contribution in [2.24, 2.45) is 0 Å². The molecule has 2 heterocycles. The summed E-state index contributed by atoms with van der Waals surface area (Å²) in [5.41, 5.74) is 2.87. The Morgan fingerprint density at radius 1 is 0.968 bits per heavy atom. The number of oxazole rings is 1. The summed E-state index contributed by atoms with van der Waals surface area (Å²) in [5, 5.41) is 2.86. The molecule has 4 aromatic rings. The molecule has 1 aliphatic rings. The number of halogens is 1. The van der Waals surface area contributed by atoms with Gasteiger partial charge in [0, 0.05) is 12.1 Å². The van der Waals surface area contributed by atoms with Crippen molar-refractivity contribution in [3.05, 3.63) is 93.7 Å². The summed E-state index contributed by atoms with van der Waals surface area (Å²) >= 11 is 0. The maximum absolute atomic E-state index is 13.2. The van der Waals surface area contributed by atoms with Crippen LogP contribution in [0.3, 0.4) is 0 Å². The molecule has 0 aliphatic carbocycles. The Labute approximate surface area is 175 Å². The van der Waals surface area contributed by atoms with Gasteiger partial charge in [-0.3, -0.25) is 9.36 Å². The van der Waals surface area contributed by atoms with Gasteiger partial charge in [0.2, 0.25) is 6.79 Å². The van der Waals surface area contributed by atoms with Crippen molar-refractivity contribution in [3.8, 4) is 11.5 Å². The van der Waals surface area contributed by atoms with Gasteiger partial charge in [0.15, 0.2) is 17.1 Å². The van der Waals surface area contributed by atoms with E-state index in [1.807, 2.05) is 12.1 Å². The number of carbonyl (C=O) groups is 1. The largest absolute Gasteiger partial charge is 0.454 e. The summed E-state index contributed by atoms with van der Waals surface area (Å²) in [6.07, 6.45) is 0. The lowest BCUT2D eigenvalue weighted by Gasteiger charge is -2.07. The highest BCUT2D eigenvalue weighted by molar-refractivity contribution is 5.97. The Morgan fingerprint density at radius 3 is 2.58 bits per heavy atom. The van der Waals surface area contributed by atoms with Gasteiger partial charge in [-0.2, -0.15) is 0 Å². The lowest BCUT2D eigenvalue weighted by atomic mass is 10.1. The first-order valence-electron chi connectivity index (χ1n) is 9.61. The van der Waals surface area contributed by atoms with E-state index in [4.69, 9.17) is 13.9 Å². The van der Waals surface area contributed by atoms with Crippen LogP contribution in [0.5, 0.6) is 11.5 Å². The molecule has 0 radical (unpaired) electrons. The van der Waals surface area contributed by atoms with Crippen LogP contribution in [-0.4, -0.2) is 17.3 Å². The Bertz CT molecular complexity index is 1340. The summed E-state index contributed by atoms with van der Waals surface area (Å²) in [6, 6.07) is 16.1. The van der Waals surface area contributed by atoms with Gasteiger partial charge in [-0.15, -0.1) is 0 Å². The molecule has 0 unspecified atom stereocenters. The van der Waals surface area contributed by atoms with E-state index < -0.39 is 5.76 Å². The predicted octanol–water partition coefficient (Wildman–Crippen LogP) is 3.44. The van der Waals surface area contributed by atoms with Gasteiger partial charge in [0.1, 0.15) is 5.82 Å². The number of hydrogen-bond donors (Lipinski definition) is 1. The second-order valence-electron chi connectivity index (χ2n) is 7.13. The van der Waals surface area contributed by atoms with E-state index in [1.165, 1.54) is 16.7 Å². The van der Waals surface area contributed by atoms with Gasteiger partial charge in [-0.1, -0.05) is 18.2 Å². The van der Waals surface area contributed by atoms with Gasteiger partial charge < -0.3 is 19.2 Å². The highest BCUT2D eigenvalue weighted by Gasteiger charge is 2.15. The van der Waals surface area contributed by atoms with Gasteiger partial charge in [-0.25, -0.2) is 9.18 Å². The van der Waals surface area contributed by atoms with Crippen LogP contribution in [0, 0.1) is 5.82 Å². The average Bonchev–Trinajstić information content (AvgIpc) is 3.37. The minimum Gasteiger partial charge on any atom is -0.454 e. The fourth-order valence-electron chi connectivity index (χ4n) is 3.46. The van der Waals surface area contributed by atoms with Crippen molar-refractivity contribution in [3.63, 3.8) is 0 Å². The van der Waals surface area contributed by atoms with Gasteiger partial charge in [0.05, 0.1) is 12.1 Å². The molecule has 0 saturated heterocycles. The Kier molecular flexibility index (Phi) is 4.66. The van der Waals surface area contributed by atoms with Crippen LogP contribution in [0.2, 0.25) is 0 Å². The summed E-state index contributed by atoms with van der Waals surface area (Å²) < 4.78 is 30.5. The first-order valence-corrected chi connectivity index (χ1v) is 9.61. The van der Waals surface area contributed by atoms with E-state index >= 15 is 0 Å². The molecule has 0 saturated carbocycles. The average molecular weight is 420 g/mol. The van der Waals surface area contributed by atoms with Gasteiger partial charge in [0.25, 0.3) is 5.91 Å². The van der Waals surface area contributed by atoms with Crippen LogP contribution in [0.25, 0.3) is 11.1 Å². The lowest BCUT2D eigenvalue weighted by Crippen LogP contribution is -2.23. The number of nitrogens with zero attached hydrogens (tertiary/aromatic N) is 1. The summed E-state index contributed by atoms with van der Waals surface area (Å²) in [6.45, 7) is 0.700. The number of nitrogens with one attached hydrogen (secondary N) is 1. The molecule has 0 spiro atoms. The van der Waals surface area contributed by atoms with E-state index in [1.54, 1.807) is 36.4 Å². The first-order chi connectivity index (χ1) is 15.1. The third-order valence-corrected chi connectivity index (χ3v) is 5.07. The van der Waals surface area contributed by atoms with Crippen LogP contribution in [0.4, 0.5) is 4.39 Å². The topological polar surface area (TPSA) is 82.7 Å². The number of ether oxygens (including phenoxy) is 2. The molecule has 1 amide bonds. The highest BCUT2D eigenvalue weighted by Crippen LogP contribution is 2.32. The molecule has 1 aromatic heterocycles. The monoisotopic (exact) mass is 420 g/mol. The third kappa shape index (κ3) is 3.75. The maximum Gasteiger partial charge on any atom is 0.420 e. The lowest BCUT2D eigenvalue weighted by molar-refractivity contribution is 0.0951. The van der Waals surface area contributed by atoms with Gasteiger partial charge >= 0.3 is 5.76 Å². The summed E-state index contributed by atoms with van der Waals surface area (Å²) in [5.74, 6) is 0.143. The van der Waals surface area contributed by atoms with Crippen molar-refractivity contribution >= 4 is 17.0 Å². The second kappa shape index (κ2) is 7.64. The first kappa shape index (κ1) is 18.9. The van der Waals surface area contributed by atoms with E-state index in [2.05, 4.69) is 5.32 Å². The van der Waals surface area contributed by atoms with Crippen molar-refractivity contribution in [2.75, 3.05) is 6.79 Å². The molecule has 1 N–H and O–H groups in total. The highest BCUT2D eigenvalue weighted by atomic mass is 19.1. The summed E-state index contributed by atoms with van der Waals surface area (Å²) in [7, 11) is 0. The number of amides is 1. The molecular weight excluding hydrogens is 403 g/mol. The van der Waals surface area contributed by atoms with Crippen LogP contribution < -0.4 is 20.5 Å². The maximum atomic E-state index is 13.2. The van der Waals surface area contributed by atoms with Crippen LogP contribution >= 0.6 is 0 Å². The van der Waals surface area contributed by atoms with E-state index in [9.17, 15) is 14.0 Å². The zero-order chi connectivity index (χ0) is 21.4. The summed E-state index contributed by atoms with van der Waals surface area (Å²) in [4.78, 5) is 25.0. The molecule has 8 heteroatoms. The quantitative estimate of drug-likeness (QED) is 0.535. The number of hydrogen-bond acceptors (Lipinski definition) is 5. The van der Waals surface area contributed by atoms with Crippen molar-refractivity contribution in [1.29, 1.82) is 0 Å². The molecule has 3 aromatic carbocycles. The van der Waals surface area contributed by atoms with Crippen LogP contribution in [-0.2, 0) is 13.1 Å². The SMILES string of the molecule is O=C(NCc1ccc2c(c1)OCO2)c1ccc2oc(=O)n(Cc3ccc(F)cc3)c2c1. The molecular formula is C23H17FN2O5. The fraction of sp³-hybridized carbons (Fsp3) is 0.130. The Morgan fingerprint density at radius 2 is 1.74 bits per heavy atom. The van der Waals surface area contributed by atoms with E-state index in [-0.39, 0.29) is 25.1 Å². The Balaban J connectivity index is 1.36. The van der Waals surface area contributed by atoms with Crippen molar-refractivity contribution in [1.82, 2.24) is 9.88 Å². The van der Waals surface area contributed by atoms with E-state index in [0.29, 0.717) is 34.7 Å². The van der Waals surface area contributed by atoms with Gasteiger partial charge in [-0.05, 0) is 53.6 Å². The standard InChI is InChI=1S/C23H17FN2O5/c24-17-5-1-14(2-6-17)12-26-18-10-16(4-8-19(18)31-23(26)28)22(27)25-11-15-3-7-20-21(9-15)30-13-29-20/h1-10H,11-13H2,(H,25,27). The molecule has 0 fully saturated rings. The van der Waals surface area contributed by atoms with Crippen molar-refractivity contribution in [2.45, 2.75) is 13.1 Å². The smallest absolute Gasteiger partial charge is 0.420 e. The number of fused-ring (bicyclic) bond motifs is 2. The zero-order valence-electron chi connectivity index (χ0n) is 16.3. The molecule has 5 rings (SSSR count). The molecule has 31 heavy (non-hydrogen) atoms. The van der Waals surface area contributed by atoms with E-state index in [0.717, 1.165) is 11.1 Å². The molecule has 0 bridgehead atoms. The number of benzene rings is 3. The molecule has 156 valence electrons. The van der Waals surface area contributed by atoms with Crippen molar-refractivity contribution < 1.29 is 23.1 Å². The molecule has 1 aliphatic heterocycles. The fourth-order valence-corrected chi connectivity index (χ4v) is 3.46. The third-order valence-electron chi connectivity index (χ3n) is 5.07. The normalized spacial score (nSPS) is 12.3.